The van der Waals surface area contributed by atoms with Crippen LogP contribution in [0.1, 0.15) is 59.8 Å². The quantitative estimate of drug-likeness (QED) is 0.772. The van der Waals surface area contributed by atoms with Crippen LogP contribution in [0.5, 0.6) is 0 Å². The lowest BCUT2D eigenvalue weighted by Crippen LogP contribution is -2.56. The number of rotatable bonds is 6. The smallest absolute Gasteiger partial charge is 0.0332 e. The van der Waals surface area contributed by atoms with Gasteiger partial charge in [0, 0.05) is 18.6 Å². The van der Waals surface area contributed by atoms with Gasteiger partial charge in [0.05, 0.1) is 0 Å². The molecule has 1 aliphatic carbocycles. The lowest BCUT2D eigenvalue weighted by atomic mass is 9.75. The van der Waals surface area contributed by atoms with Crippen molar-refractivity contribution in [1.82, 2.24) is 4.90 Å². The Morgan fingerprint density at radius 2 is 1.88 bits per heavy atom. The lowest BCUT2D eigenvalue weighted by Gasteiger charge is -2.48. The molecule has 0 radical (unpaired) electrons. The van der Waals surface area contributed by atoms with Gasteiger partial charge in [-0.25, -0.2) is 0 Å². The van der Waals surface area contributed by atoms with Gasteiger partial charge in [0.15, 0.2) is 0 Å². The Bertz CT molecular complexity index is 205. The Labute approximate surface area is 108 Å². The molecule has 0 aromatic heterocycles. The molecule has 0 unspecified atom stereocenters. The topological polar surface area (TPSA) is 29.3 Å². The molecule has 0 spiro atoms. The fourth-order valence-corrected chi connectivity index (χ4v) is 3.18. The molecule has 17 heavy (non-hydrogen) atoms. The lowest BCUT2D eigenvalue weighted by molar-refractivity contribution is 0.0352. The Morgan fingerprint density at radius 1 is 1.29 bits per heavy atom. The number of nitrogens with two attached hydrogens (primary N) is 1. The summed E-state index contributed by atoms with van der Waals surface area (Å²) < 4.78 is 0. The van der Waals surface area contributed by atoms with Crippen molar-refractivity contribution >= 4 is 0 Å². The Kier molecular flexibility index (Phi) is 5.94. The van der Waals surface area contributed by atoms with Crippen molar-refractivity contribution in [2.45, 2.75) is 65.3 Å². The van der Waals surface area contributed by atoms with Crippen LogP contribution in [0.25, 0.3) is 0 Å². The first-order valence-corrected chi connectivity index (χ1v) is 7.49. The zero-order valence-corrected chi connectivity index (χ0v) is 12.3. The fourth-order valence-electron chi connectivity index (χ4n) is 3.18. The van der Waals surface area contributed by atoms with Crippen molar-refractivity contribution in [3.05, 3.63) is 0 Å². The minimum Gasteiger partial charge on any atom is -0.329 e. The Morgan fingerprint density at radius 3 is 2.29 bits per heavy atom. The molecule has 0 aliphatic heterocycles. The van der Waals surface area contributed by atoms with Crippen molar-refractivity contribution < 1.29 is 0 Å². The van der Waals surface area contributed by atoms with Gasteiger partial charge in [-0.2, -0.15) is 0 Å². The molecule has 2 heteroatoms. The monoisotopic (exact) mass is 240 g/mol. The zero-order chi connectivity index (χ0) is 12.9. The van der Waals surface area contributed by atoms with Crippen LogP contribution in [-0.2, 0) is 0 Å². The van der Waals surface area contributed by atoms with Gasteiger partial charge in [-0.05, 0) is 50.5 Å². The molecular weight excluding hydrogens is 208 g/mol. The highest BCUT2D eigenvalue weighted by atomic mass is 15.2. The standard InChI is InChI=1S/C15H32N2/c1-5-10-17(11-13(2)3)15(12-16)8-6-14(4)7-9-15/h13-14H,5-12,16H2,1-4H3. The van der Waals surface area contributed by atoms with E-state index in [0.29, 0.717) is 5.54 Å². The molecule has 2 nitrogen and oxygen atoms in total. The van der Waals surface area contributed by atoms with Gasteiger partial charge in [-0.3, -0.25) is 4.90 Å². The van der Waals surface area contributed by atoms with Crippen molar-refractivity contribution in [3.63, 3.8) is 0 Å². The number of nitrogens with zero attached hydrogens (tertiary/aromatic N) is 1. The Balaban J connectivity index is 2.72. The molecule has 1 aliphatic rings. The van der Waals surface area contributed by atoms with E-state index in [1.807, 2.05) is 0 Å². The van der Waals surface area contributed by atoms with Crippen LogP contribution in [0, 0.1) is 11.8 Å². The normalized spacial score (nSPS) is 30.2. The SMILES string of the molecule is CCCN(CC(C)C)C1(CN)CCC(C)CC1. The van der Waals surface area contributed by atoms with Gasteiger partial charge < -0.3 is 5.73 Å². The third-order valence-corrected chi connectivity index (χ3v) is 4.33. The molecule has 0 aromatic carbocycles. The van der Waals surface area contributed by atoms with Gasteiger partial charge in [-0.1, -0.05) is 27.7 Å². The summed E-state index contributed by atoms with van der Waals surface area (Å²) in [5.74, 6) is 1.64. The van der Waals surface area contributed by atoms with E-state index in [0.717, 1.165) is 18.4 Å². The zero-order valence-electron chi connectivity index (χ0n) is 12.3. The predicted octanol–water partition coefficient (Wildman–Crippen LogP) is 3.26. The van der Waals surface area contributed by atoms with Crippen molar-refractivity contribution in [2.75, 3.05) is 19.6 Å². The molecule has 1 fully saturated rings. The van der Waals surface area contributed by atoms with E-state index in [-0.39, 0.29) is 0 Å². The Hall–Kier alpha value is -0.0800. The maximum absolute atomic E-state index is 6.15. The second-order valence-corrected chi connectivity index (χ2v) is 6.45. The highest BCUT2D eigenvalue weighted by Crippen LogP contribution is 2.36. The van der Waals surface area contributed by atoms with Crippen LogP contribution < -0.4 is 5.73 Å². The van der Waals surface area contributed by atoms with E-state index >= 15 is 0 Å². The highest BCUT2D eigenvalue weighted by Gasteiger charge is 2.37. The summed E-state index contributed by atoms with van der Waals surface area (Å²) in [5, 5.41) is 0. The van der Waals surface area contributed by atoms with E-state index in [1.165, 1.54) is 45.2 Å². The van der Waals surface area contributed by atoms with E-state index in [9.17, 15) is 0 Å². The summed E-state index contributed by atoms with van der Waals surface area (Å²) in [6, 6.07) is 0. The second kappa shape index (κ2) is 6.75. The molecule has 0 amide bonds. The molecular formula is C15H32N2. The minimum atomic E-state index is 0.312. The molecule has 1 saturated carbocycles. The third kappa shape index (κ3) is 3.96. The van der Waals surface area contributed by atoms with E-state index < -0.39 is 0 Å². The average molecular weight is 240 g/mol. The van der Waals surface area contributed by atoms with Crippen LogP contribution in [0.4, 0.5) is 0 Å². The predicted molar refractivity (Wildman–Crippen MR) is 76.1 cm³/mol. The van der Waals surface area contributed by atoms with Gasteiger partial charge in [0.25, 0.3) is 0 Å². The first kappa shape index (κ1) is 15.0. The highest BCUT2D eigenvalue weighted by molar-refractivity contribution is 4.95. The molecule has 2 N–H and O–H groups in total. The van der Waals surface area contributed by atoms with Crippen molar-refractivity contribution in [3.8, 4) is 0 Å². The maximum Gasteiger partial charge on any atom is 0.0332 e. The van der Waals surface area contributed by atoms with Crippen molar-refractivity contribution in [2.24, 2.45) is 17.6 Å². The summed E-state index contributed by atoms with van der Waals surface area (Å²) in [5.41, 5.74) is 6.46. The third-order valence-electron chi connectivity index (χ3n) is 4.33. The van der Waals surface area contributed by atoms with Crippen molar-refractivity contribution in [1.29, 1.82) is 0 Å². The van der Waals surface area contributed by atoms with Crippen LogP contribution in [0.15, 0.2) is 0 Å². The van der Waals surface area contributed by atoms with Crippen LogP contribution in [0.2, 0.25) is 0 Å². The molecule has 0 atom stereocenters. The molecule has 0 saturated heterocycles. The number of hydrogen-bond donors (Lipinski definition) is 1. The molecule has 102 valence electrons. The minimum absolute atomic E-state index is 0.312. The van der Waals surface area contributed by atoms with Gasteiger partial charge in [0.1, 0.15) is 0 Å². The molecule has 1 rings (SSSR count). The van der Waals surface area contributed by atoms with E-state index in [4.69, 9.17) is 5.73 Å². The van der Waals surface area contributed by atoms with Crippen LogP contribution >= 0.6 is 0 Å². The fraction of sp³-hybridized carbons (Fsp3) is 1.00. The van der Waals surface area contributed by atoms with Crippen LogP contribution in [-0.4, -0.2) is 30.1 Å². The first-order valence-electron chi connectivity index (χ1n) is 7.49. The molecule has 0 bridgehead atoms. The summed E-state index contributed by atoms with van der Waals surface area (Å²) in [7, 11) is 0. The average Bonchev–Trinajstić information content (AvgIpc) is 2.30. The molecule has 0 aromatic rings. The second-order valence-electron chi connectivity index (χ2n) is 6.45. The summed E-state index contributed by atoms with van der Waals surface area (Å²) >= 11 is 0. The maximum atomic E-state index is 6.15. The summed E-state index contributed by atoms with van der Waals surface area (Å²) in [6.07, 6.45) is 6.56. The van der Waals surface area contributed by atoms with Gasteiger partial charge >= 0.3 is 0 Å². The van der Waals surface area contributed by atoms with Crippen LogP contribution in [0.3, 0.4) is 0 Å². The van der Waals surface area contributed by atoms with E-state index in [1.54, 1.807) is 0 Å². The number of hydrogen-bond acceptors (Lipinski definition) is 2. The largest absolute Gasteiger partial charge is 0.329 e. The van der Waals surface area contributed by atoms with Gasteiger partial charge in [0.2, 0.25) is 0 Å². The van der Waals surface area contributed by atoms with E-state index in [2.05, 4.69) is 32.6 Å². The summed E-state index contributed by atoms with van der Waals surface area (Å²) in [6.45, 7) is 12.6. The van der Waals surface area contributed by atoms with Gasteiger partial charge in [-0.15, -0.1) is 0 Å². The first-order chi connectivity index (χ1) is 8.04. The molecule has 0 heterocycles. The summed E-state index contributed by atoms with van der Waals surface area (Å²) in [4.78, 5) is 2.70.